The Morgan fingerprint density at radius 1 is 1.04 bits per heavy atom. The molecule has 1 aliphatic heterocycles. The molecule has 0 radical (unpaired) electrons. The Labute approximate surface area is 151 Å². The molecular weight excluding hydrogens is 362 g/mol. The second-order valence-corrected chi connectivity index (χ2v) is 7.19. The van der Waals surface area contributed by atoms with Crippen LogP contribution in [0.5, 0.6) is 5.88 Å². The molecule has 24 heavy (non-hydrogen) atoms. The van der Waals surface area contributed by atoms with E-state index in [1.54, 1.807) is 22.8 Å². The third-order valence-electron chi connectivity index (χ3n) is 3.51. The van der Waals surface area contributed by atoms with Crippen molar-refractivity contribution in [3.63, 3.8) is 0 Å². The highest BCUT2D eigenvalue weighted by Gasteiger charge is 2.13. The van der Waals surface area contributed by atoms with E-state index in [0.717, 1.165) is 16.4 Å². The molecule has 0 saturated carbocycles. The van der Waals surface area contributed by atoms with Gasteiger partial charge in [0.2, 0.25) is 5.88 Å². The van der Waals surface area contributed by atoms with E-state index >= 15 is 0 Å². The number of benzene rings is 2. The zero-order chi connectivity index (χ0) is 16.7. The lowest BCUT2D eigenvalue weighted by Gasteiger charge is -2.04. The summed E-state index contributed by atoms with van der Waals surface area (Å²) in [4.78, 5) is 9.50. The van der Waals surface area contributed by atoms with Crippen LogP contribution in [0.25, 0.3) is 11.8 Å². The molecule has 1 N–H and O–H groups in total. The van der Waals surface area contributed by atoms with Gasteiger partial charge in [0.1, 0.15) is 0 Å². The molecule has 0 saturated heterocycles. The van der Waals surface area contributed by atoms with Gasteiger partial charge in [-0.25, -0.2) is 9.98 Å². The number of para-hydroxylation sites is 2. The number of fused-ring (bicyclic) bond motifs is 1. The quantitative estimate of drug-likeness (QED) is 0.695. The number of hydrogen-bond donors (Lipinski definition) is 1. The topological polar surface area (TPSA) is 49.9 Å². The van der Waals surface area contributed by atoms with Crippen molar-refractivity contribution in [3.05, 3.63) is 78.9 Å². The van der Waals surface area contributed by atoms with Gasteiger partial charge in [-0.15, -0.1) is 11.3 Å². The molecule has 1 aliphatic rings. The van der Waals surface area contributed by atoms with Gasteiger partial charge in [-0.05, 0) is 48.6 Å². The molecule has 3 aromatic rings. The molecule has 0 bridgehead atoms. The summed E-state index contributed by atoms with van der Waals surface area (Å²) >= 11 is 12.6. The van der Waals surface area contributed by atoms with Crippen molar-refractivity contribution in [1.82, 2.24) is 4.57 Å². The summed E-state index contributed by atoms with van der Waals surface area (Å²) in [6.07, 6.45) is 1.74. The highest BCUT2D eigenvalue weighted by atomic mass is 35.5. The van der Waals surface area contributed by atoms with E-state index in [2.05, 4.69) is 9.98 Å². The van der Waals surface area contributed by atoms with Crippen LogP contribution in [0.3, 0.4) is 0 Å². The molecule has 2 aromatic carbocycles. The summed E-state index contributed by atoms with van der Waals surface area (Å²) in [5, 5.41) is 12.8. The Balaban J connectivity index is 1.80. The van der Waals surface area contributed by atoms with Crippen LogP contribution < -0.4 is 10.7 Å². The Bertz CT molecular complexity index is 1110. The van der Waals surface area contributed by atoms with E-state index in [9.17, 15) is 5.11 Å². The summed E-state index contributed by atoms with van der Waals surface area (Å²) < 4.78 is 2.14. The summed E-state index contributed by atoms with van der Waals surface area (Å²) in [6.45, 7) is 0. The number of rotatable bonds is 2. The third-order valence-corrected chi connectivity index (χ3v) is 5.07. The predicted molar refractivity (Wildman–Crippen MR) is 97.9 cm³/mol. The number of aromatic hydroxyl groups is 1. The molecule has 0 fully saturated rings. The van der Waals surface area contributed by atoms with Crippen LogP contribution in [0.15, 0.2) is 64.3 Å². The second-order valence-electron chi connectivity index (χ2n) is 5.08. The summed E-state index contributed by atoms with van der Waals surface area (Å²) in [5.74, 6) is 0.618. The number of thiazole rings is 1. The first-order valence-electron chi connectivity index (χ1n) is 7.07. The average molecular weight is 372 g/mol. The minimum atomic E-state index is 0.0705. The van der Waals surface area contributed by atoms with Gasteiger partial charge in [0.05, 0.1) is 21.3 Å². The SMILES string of the molecule is Oc1c(C=C2N=c3ccccc3=N2)sc(=S)n1-c1ccc(Cl)cc1. The van der Waals surface area contributed by atoms with Crippen molar-refractivity contribution in [3.8, 4) is 11.6 Å². The Kier molecular flexibility index (Phi) is 3.80. The second kappa shape index (κ2) is 5.98. The first-order valence-corrected chi connectivity index (χ1v) is 8.67. The number of nitrogens with zero attached hydrogens (tertiary/aromatic N) is 3. The van der Waals surface area contributed by atoms with E-state index in [4.69, 9.17) is 23.8 Å². The molecule has 0 unspecified atom stereocenters. The number of halogens is 1. The van der Waals surface area contributed by atoms with Crippen LogP contribution >= 0.6 is 35.2 Å². The molecule has 1 aromatic heterocycles. The van der Waals surface area contributed by atoms with Gasteiger partial charge >= 0.3 is 0 Å². The van der Waals surface area contributed by atoms with Crippen LogP contribution in [-0.2, 0) is 0 Å². The third kappa shape index (κ3) is 2.69. The van der Waals surface area contributed by atoms with Crippen molar-refractivity contribution in [2.24, 2.45) is 9.98 Å². The van der Waals surface area contributed by atoms with E-state index in [1.165, 1.54) is 11.3 Å². The first kappa shape index (κ1) is 15.3. The molecule has 4 nitrogen and oxygen atoms in total. The summed E-state index contributed by atoms with van der Waals surface area (Å²) in [7, 11) is 0. The van der Waals surface area contributed by atoms with Crippen LogP contribution in [-0.4, -0.2) is 9.67 Å². The molecule has 4 rings (SSSR count). The number of aromatic nitrogens is 1. The van der Waals surface area contributed by atoms with Gasteiger partial charge in [0, 0.05) is 11.1 Å². The standard InChI is InChI=1S/C17H10ClN3OS2/c18-10-5-7-11(8-6-10)21-16(22)14(24-17(21)23)9-15-19-12-3-1-2-4-13(12)20-15/h1-9,22H. The van der Waals surface area contributed by atoms with Gasteiger partial charge in [0.25, 0.3) is 0 Å². The molecule has 0 atom stereocenters. The highest BCUT2D eigenvalue weighted by molar-refractivity contribution is 7.73. The zero-order valence-corrected chi connectivity index (χ0v) is 14.6. The molecule has 2 heterocycles. The lowest BCUT2D eigenvalue weighted by Crippen LogP contribution is -2.19. The maximum absolute atomic E-state index is 10.6. The van der Waals surface area contributed by atoms with Crippen molar-refractivity contribution in [1.29, 1.82) is 0 Å². The van der Waals surface area contributed by atoms with E-state index < -0.39 is 0 Å². The Hall–Kier alpha value is -2.28. The van der Waals surface area contributed by atoms with Crippen molar-refractivity contribution in [2.45, 2.75) is 0 Å². The molecule has 7 heteroatoms. The Morgan fingerprint density at radius 3 is 2.29 bits per heavy atom. The van der Waals surface area contributed by atoms with Gasteiger partial charge < -0.3 is 5.11 Å². The van der Waals surface area contributed by atoms with Gasteiger partial charge in [-0.1, -0.05) is 23.7 Å². The largest absolute Gasteiger partial charge is 0.493 e. The molecule has 0 aliphatic carbocycles. The van der Waals surface area contributed by atoms with Crippen LogP contribution in [0, 0.1) is 3.95 Å². The minimum Gasteiger partial charge on any atom is -0.493 e. The maximum Gasteiger partial charge on any atom is 0.215 e. The Morgan fingerprint density at radius 2 is 1.67 bits per heavy atom. The van der Waals surface area contributed by atoms with Crippen LogP contribution in [0.4, 0.5) is 0 Å². The first-order chi connectivity index (χ1) is 11.6. The number of hydrogen-bond acceptors (Lipinski definition) is 5. The molecule has 0 amide bonds. The smallest absolute Gasteiger partial charge is 0.215 e. The molecule has 0 spiro atoms. The average Bonchev–Trinajstić information content (AvgIpc) is 3.09. The van der Waals surface area contributed by atoms with E-state index in [-0.39, 0.29) is 5.88 Å². The van der Waals surface area contributed by atoms with E-state index in [0.29, 0.717) is 19.7 Å². The van der Waals surface area contributed by atoms with Crippen LogP contribution in [0.2, 0.25) is 5.02 Å². The molecular formula is C17H10ClN3OS2. The maximum atomic E-state index is 10.6. The van der Waals surface area contributed by atoms with Gasteiger partial charge in [0.15, 0.2) is 9.78 Å². The van der Waals surface area contributed by atoms with Crippen molar-refractivity contribution in [2.75, 3.05) is 0 Å². The fourth-order valence-electron chi connectivity index (χ4n) is 2.40. The fourth-order valence-corrected chi connectivity index (χ4v) is 3.81. The van der Waals surface area contributed by atoms with Gasteiger partial charge in [-0.2, -0.15) is 0 Å². The van der Waals surface area contributed by atoms with Crippen molar-refractivity contribution >= 4 is 41.2 Å². The monoisotopic (exact) mass is 371 g/mol. The van der Waals surface area contributed by atoms with Crippen molar-refractivity contribution < 1.29 is 5.11 Å². The van der Waals surface area contributed by atoms with Crippen LogP contribution in [0.1, 0.15) is 4.88 Å². The lowest BCUT2D eigenvalue weighted by molar-refractivity contribution is 0.441. The predicted octanol–water partition coefficient (Wildman–Crippen LogP) is 3.88. The van der Waals surface area contributed by atoms with E-state index in [1.807, 2.05) is 36.4 Å². The van der Waals surface area contributed by atoms with Gasteiger partial charge in [-0.3, -0.25) is 4.57 Å². The normalized spacial score (nSPS) is 12.5. The highest BCUT2D eigenvalue weighted by Crippen LogP contribution is 2.32. The minimum absolute atomic E-state index is 0.0705. The fraction of sp³-hybridized carbons (Fsp3) is 0. The summed E-state index contributed by atoms with van der Waals surface area (Å²) in [6, 6.07) is 14.8. The molecule has 118 valence electrons. The lowest BCUT2D eigenvalue weighted by atomic mass is 10.3. The zero-order valence-electron chi connectivity index (χ0n) is 12.2. The summed E-state index contributed by atoms with van der Waals surface area (Å²) in [5.41, 5.74) is 0.756.